The van der Waals surface area contributed by atoms with Crippen molar-refractivity contribution in [2.24, 2.45) is 0 Å². The normalized spacial score (nSPS) is 12.0. The summed E-state index contributed by atoms with van der Waals surface area (Å²) in [5.41, 5.74) is 9.84. The molecule has 9 aromatic carbocycles. The van der Waals surface area contributed by atoms with Crippen molar-refractivity contribution in [2.45, 2.75) is 0 Å². The molecule has 0 fully saturated rings. The minimum atomic E-state index is 0.534. The molecule has 1 heterocycles. The lowest BCUT2D eigenvalue weighted by Crippen LogP contribution is -1.93. The Morgan fingerprint density at radius 3 is 1.67 bits per heavy atom. The number of benzene rings is 9. The number of rotatable bonds is 4. The Morgan fingerprint density at radius 1 is 0.347 bits per heavy atom. The smallest absolute Gasteiger partial charge is 0.0623 e. The van der Waals surface area contributed by atoms with Crippen LogP contribution in [-0.2, 0) is 0 Å². The van der Waals surface area contributed by atoms with Crippen LogP contribution in [0.25, 0.3) is 97.0 Å². The summed E-state index contributed by atoms with van der Waals surface area (Å²) in [6.07, 6.45) is 0. The summed E-state index contributed by atoms with van der Waals surface area (Å²) in [5.74, 6) is 0. The Kier molecular flexibility index (Phi) is 6.22. The molecule has 0 bridgehead atoms. The maximum Gasteiger partial charge on any atom is 0.0623 e. The average molecular weight is 640 g/mol. The van der Waals surface area contributed by atoms with Gasteiger partial charge < -0.3 is 0 Å². The van der Waals surface area contributed by atoms with Crippen molar-refractivity contribution in [3.8, 4) is 44.5 Å². The monoisotopic (exact) mass is 639 g/mol. The first-order chi connectivity index (χ1) is 24.7. The van der Waals surface area contributed by atoms with Gasteiger partial charge in [0.15, 0.2) is 0 Å². The first-order valence-corrected chi connectivity index (χ1v) is 17.6. The summed E-state index contributed by atoms with van der Waals surface area (Å²) >= 11 is 1.87. The zero-order valence-electron chi connectivity index (χ0n) is 27.7. The molecule has 49 heavy (non-hydrogen) atoms. The van der Waals surface area contributed by atoms with Gasteiger partial charge in [-0.3, -0.25) is 0 Å². The van der Waals surface area contributed by atoms with Crippen LogP contribution in [0.3, 0.4) is 0 Å². The topological polar surface area (TPSA) is 0 Å². The van der Waals surface area contributed by atoms with E-state index >= 15 is 0 Å². The molecule has 0 atom stereocenters. The van der Waals surface area contributed by atoms with Crippen molar-refractivity contribution in [3.05, 3.63) is 182 Å². The molecule has 0 aliphatic carbocycles. The fourth-order valence-electron chi connectivity index (χ4n) is 7.81. The third kappa shape index (κ3) is 4.51. The summed E-state index contributed by atoms with van der Waals surface area (Å²) in [6.45, 7) is 0. The van der Waals surface area contributed by atoms with Crippen molar-refractivity contribution in [2.75, 3.05) is 0 Å². The number of thiophene rings is 1. The van der Waals surface area contributed by atoms with Crippen LogP contribution in [0.4, 0.5) is 0 Å². The van der Waals surface area contributed by atoms with E-state index in [1.807, 2.05) is 23.5 Å². The molecule has 0 radical (unpaired) electrons. The van der Waals surface area contributed by atoms with E-state index < -0.39 is 0 Å². The van der Waals surface area contributed by atoms with Gasteiger partial charge in [0, 0.05) is 20.2 Å². The van der Waals surface area contributed by atoms with E-state index in [4.69, 9.17) is 1.37 Å². The Labute approximate surface area is 290 Å². The lowest BCUT2D eigenvalue weighted by Gasteiger charge is -2.20. The van der Waals surface area contributed by atoms with Gasteiger partial charge in [-0.2, -0.15) is 0 Å². The van der Waals surface area contributed by atoms with Crippen LogP contribution in [0.2, 0.25) is 0 Å². The molecule has 1 heteroatoms. The van der Waals surface area contributed by atoms with Crippen molar-refractivity contribution in [1.29, 1.82) is 0 Å². The second kappa shape index (κ2) is 11.3. The molecule has 10 aromatic rings. The summed E-state index contributed by atoms with van der Waals surface area (Å²) in [6, 6.07) is 64.2. The van der Waals surface area contributed by atoms with Gasteiger partial charge in [-0.25, -0.2) is 0 Å². The lowest BCUT2D eigenvalue weighted by molar-refractivity contribution is 1.62. The SMILES string of the molecule is [2H]c1ccc2cc(-c3ccccc3-c3c4ccccc4c(-c4ccc(-c5cccc6sc7ccccc7c56)cc4)c4ccccc34)ccc2c1. The van der Waals surface area contributed by atoms with Crippen molar-refractivity contribution in [1.82, 2.24) is 0 Å². The molecule has 0 aliphatic rings. The van der Waals surface area contributed by atoms with Gasteiger partial charge in [-0.1, -0.05) is 164 Å². The maximum atomic E-state index is 8.07. The zero-order chi connectivity index (χ0) is 33.2. The highest BCUT2D eigenvalue weighted by molar-refractivity contribution is 7.25. The molecule has 0 spiro atoms. The maximum absolute atomic E-state index is 8.07. The molecule has 0 nitrogen and oxygen atoms in total. The van der Waals surface area contributed by atoms with Crippen molar-refractivity contribution < 1.29 is 1.37 Å². The van der Waals surface area contributed by atoms with E-state index in [9.17, 15) is 0 Å². The molecule has 0 amide bonds. The van der Waals surface area contributed by atoms with E-state index in [-0.39, 0.29) is 0 Å². The predicted molar refractivity (Wildman–Crippen MR) is 214 cm³/mol. The first kappa shape index (κ1) is 27.0. The molecule has 0 N–H and O–H groups in total. The summed E-state index contributed by atoms with van der Waals surface area (Å²) in [4.78, 5) is 0. The van der Waals surface area contributed by atoms with Crippen molar-refractivity contribution in [3.63, 3.8) is 0 Å². The van der Waals surface area contributed by atoms with Crippen molar-refractivity contribution >= 4 is 63.8 Å². The van der Waals surface area contributed by atoms with Gasteiger partial charge in [0.1, 0.15) is 0 Å². The molecule has 1 aromatic heterocycles. The Hall–Kier alpha value is -6.02. The highest BCUT2D eigenvalue weighted by Crippen LogP contribution is 2.47. The van der Waals surface area contributed by atoms with Gasteiger partial charge in [-0.05, 0) is 95.0 Å². The van der Waals surface area contributed by atoms with Gasteiger partial charge in [0.25, 0.3) is 0 Å². The molecule has 0 aliphatic heterocycles. The van der Waals surface area contributed by atoms with E-state index in [0.717, 1.165) is 10.8 Å². The predicted octanol–water partition coefficient (Wildman–Crippen LogP) is 14.2. The number of hydrogen-bond acceptors (Lipinski definition) is 1. The average Bonchev–Trinajstić information content (AvgIpc) is 3.56. The van der Waals surface area contributed by atoms with Gasteiger partial charge in [0.05, 0.1) is 1.37 Å². The van der Waals surface area contributed by atoms with Crippen LogP contribution in [0.5, 0.6) is 0 Å². The third-order valence-electron chi connectivity index (χ3n) is 10.0. The van der Waals surface area contributed by atoms with E-state index in [2.05, 4.69) is 164 Å². The second-order valence-electron chi connectivity index (χ2n) is 12.7. The lowest BCUT2D eigenvalue weighted by atomic mass is 9.83. The van der Waals surface area contributed by atoms with Crippen LogP contribution in [0.1, 0.15) is 1.37 Å². The Morgan fingerprint density at radius 2 is 0.918 bits per heavy atom. The third-order valence-corrected chi connectivity index (χ3v) is 11.1. The highest BCUT2D eigenvalue weighted by atomic mass is 32.1. The summed E-state index contributed by atoms with van der Waals surface area (Å²) in [5, 5.41) is 9.87. The molecule has 10 rings (SSSR count). The zero-order valence-corrected chi connectivity index (χ0v) is 27.5. The number of hydrogen-bond donors (Lipinski definition) is 0. The molecule has 0 saturated carbocycles. The first-order valence-electron chi connectivity index (χ1n) is 17.3. The van der Waals surface area contributed by atoms with Gasteiger partial charge in [0.2, 0.25) is 0 Å². The Balaban J connectivity index is 1.17. The molecule has 228 valence electrons. The minimum Gasteiger partial charge on any atom is -0.135 e. The van der Waals surface area contributed by atoms with Crippen LogP contribution in [0.15, 0.2) is 182 Å². The second-order valence-corrected chi connectivity index (χ2v) is 13.8. The van der Waals surface area contributed by atoms with Gasteiger partial charge >= 0.3 is 0 Å². The fourth-order valence-corrected chi connectivity index (χ4v) is 8.94. The highest BCUT2D eigenvalue weighted by Gasteiger charge is 2.19. The van der Waals surface area contributed by atoms with E-state index in [0.29, 0.717) is 6.04 Å². The number of fused-ring (bicyclic) bond motifs is 6. The largest absolute Gasteiger partial charge is 0.135 e. The fraction of sp³-hybridized carbons (Fsp3) is 0. The summed E-state index contributed by atoms with van der Waals surface area (Å²) in [7, 11) is 0. The minimum absolute atomic E-state index is 0.534. The Bertz CT molecular complexity index is 2870. The van der Waals surface area contributed by atoms with Crippen LogP contribution in [0, 0.1) is 0 Å². The van der Waals surface area contributed by atoms with Crippen LogP contribution >= 0.6 is 11.3 Å². The molecule has 0 saturated heterocycles. The van der Waals surface area contributed by atoms with E-state index in [1.54, 1.807) is 0 Å². The molecular formula is C48H30S. The van der Waals surface area contributed by atoms with Crippen LogP contribution < -0.4 is 0 Å². The standard InChI is InChI=1S/C48H30S/c1-2-13-34-30-35(29-24-31(34)12-1)36-14-3-4-15-38(36)47-41-18-7-5-16-39(41)46(40-17-6-8-19-42(40)47)33-27-25-32(26-28-33)37-21-11-23-45-48(37)43-20-9-10-22-44(43)49-45/h1-30H/i1D. The molecular weight excluding hydrogens is 609 g/mol. The van der Waals surface area contributed by atoms with Crippen LogP contribution in [-0.4, -0.2) is 0 Å². The van der Waals surface area contributed by atoms with E-state index in [1.165, 1.54) is 86.2 Å². The van der Waals surface area contributed by atoms with Gasteiger partial charge in [-0.15, -0.1) is 11.3 Å². The molecule has 0 unspecified atom stereocenters. The quantitative estimate of drug-likeness (QED) is 0.168. The summed E-state index contributed by atoms with van der Waals surface area (Å²) < 4.78 is 10.7.